The van der Waals surface area contributed by atoms with E-state index >= 15 is 0 Å². The highest BCUT2D eigenvalue weighted by Crippen LogP contribution is 2.35. The predicted octanol–water partition coefficient (Wildman–Crippen LogP) is 2.29. The average Bonchev–Trinajstić information content (AvgIpc) is 2.68. The third kappa shape index (κ3) is 1.98. The highest BCUT2D eigenvalue weighted by Gasteiger charge is 2.32. The van der Waals surface area contributed by atoms with Crippen LogP contribution in [0.1, 0.15) is 24.2 Å². The minimum Gasteiger partial charge on any atom is -0.364 e. The first-order valence-electron chi connectivity index (χ1n) is 6.56. The van der Waals surface area contributed by atoms with Crippen LogP contribution in [0.2, 0.25) is 0 Å². The van der Waals surface area contributed by atoms with E-state index < -0.39 is 17.5 Å². The molecular formula is C14H15FN2O2S. The zero-order valence-electron chi connectivity index (χ0n) is 11.3. The number of Topliss-reactive ketones (excluding diaryl/α,β-unsaturated/α-hetero) is 1. The summed E-state index contributed by atoms with van der Waals surface area (Å²) in [6, 6.07) is 2.95. The molecule has 2 aliphatic rings. The average molecular weight is 294 g/mol. The molecule has 2 heterocycles. The molecule has 1 aromatic carbocycles. The number of nitrogens with zero attached hydrogens (tertiary/aromatic N) is 1. The smallest absolute Gasteiger partial charge is 0.296 e. The van der Waals surface area contributed by atoms with Gasteiger partial charge in [-0.1, -0.05) is 6.92 Å². The number of halogens is 1. The maximum atomic E-state index is 14.3. The van der Waals surface area contributed by atoms with Gasteiger partial charge in [0.25, 0.3) is 11.7 Å². The largest absolute Gasteiger partial charge is 0.364 e. The first kappa shape index (κ1) is 13.4. The highest BCUT2D eigenvalue weighted by molar-refractivity contribution is 8.00. The minimum atomic E-state index is -0.688. The van der Waals surface area contributed by atoms with Crippen LogP contribution in [-0.4, -0.2) is 35.3 Å². The summed E-state index contributed by atoms with van der Waals surface area (Å²) in [5, 5.41) is 2.90. The van der Waals surface area contributed by atoms with Crippen LogP contribution in [0.4, 0.5) is 15.8 Å². The van der Waals surface area contributed by atoms with E-state index in [1.54, 1.807) is 6.07 Å². The Kier molecular flexibility index (Phi) is 3.20. The Balaban J connectivity index is 2.01. The van der Waals surface area contributed by atoms with Gasteiger partial charge >= 0.3 is 0 Å². The summed E-state index contributed by atoms with van der Waals surface area (Å²) in [5.74, 6) is -0.861. The van der Waals surface area contributed by atoms with Crippen LogP contribution in [-0.2, 0) is 4.79 Å². The van der Waals surface area contributed by atoms with Crippen LogP contribution in [0, 0.1) is 5.82 Å². The molecule has 4 nitrogen and oxygen atoms in total. The normalized spacial score (nSPS) is 25.6. The van der Waals surface area contributed by atoms with Gasteiger partial charge in [0.1, 0.15) is 5.82 Å². The Morgan fingerprint density at radius 2 is 2.10 bits per heavy atom. The number of nitrogens with one attached hydrogen (secondary N) is 1. The molecule has 2 aliphatic heterocycles. The first-order chi connectivity index (χ1) is 9.49. The van der Waals surface area contributed by atoms with Crippen molar-refractivity contribution in [3.8, 4) is 0 Å². The summed E-state index contributed by atoms with van der Waals surface area (Å²) in [5.41, 5.74) is 0.996. The van der Waals surface area contributed by atoms with Gasteiger partial charge < -0.3 is 10.2 Å². The van der Waals surface area contributed by atoms with Gasteiger partial charge in [0, 0.05) is 23.6 Å². The Morgan fingerprint density at radius 1 is 1.35 bits per heavy atom. The molecule has 6 heteroatoms. The number of carbonyl (C=O) groups excluding carboxylic acids is 2. The van der Waals surface area contributed by atoms with Crippen molar-refractivity contribution in [2.45, 2.75) is 25.1 Å². The molecule has 0 aromatic heterocycles. The molecule has 0 radical (unpaired) electrons. The summed E-state index contributed by atoms with van der Waals surface area (Å²) in [4.78, 5) is 24.9. The molecule has 3 rings (SSSR count). The third-order valence-corrected chi connectivity index (χ3v) is 5.32. The molecular weight excluding hydrogens is 279 g/mol. The van der Waals surface area contributed by atoms with E-state index in [4.69, 9.17) is 0 Å². The minimum absolute atomic E-state index is 0.128. The fourth-order valence-electron chi connectivity index (χ4n) is 2.65. The van der Waals surface area contributed by atoms with E-state index in [2.05, 4.69) is 19.2 Å². The van der Waals surface area contributed by atoms with Gasteiger partial charge in [0.2, 0.25) is 0 Å². The number of amides is 1. The molecule has 106 valence electrons. The van der Waals surface area contributed by atoms with Crippen LogP contribution in [0.25, 0.3) is 0 Å². The second kappa shape index (κ2) is 4.77. The molecule has 1 saturated heterocycles. The first-order valence-corrected chi connectivity index (χ1v) is 7.61. The van der Waals surface area contributed by atoms with Crippen molar-refractivity contribution in [3.05, 3.63) is 23.5 Å². The number of ketones is 1. The SMILES string of the molecule is CC1SCCN(c2cc3c(cc2F)C(=O)C(=O)N3)C1C. The number of anilines is 2. The van der Waals surface area contributed by atoms with Crippen molar-refractivity contribution in [2.24, 2.45) is 0 Å². The number of hydrogen-bond acceptors (Lipinski definition) is 4. The number of hydrogen-bond donors (Lipinski definition) is 1. The summed E-state index contributed by atoms with van der Waals surface area (Å²) in [7, 11) is 0. The monoisotopic (exact) mass is 294 g/mol. The molecule has 1 N–H and O–H groups in total. The van der Waals surface area contributed by atoms with Crippen molar-refractivity contribution in [1.29, 1.82) is 0 Å². The Labute approximate surface area is 120 Å². The van der Waals surface area contributed by atoms with Gasteiger partial charge in [-0.3, -0.25) is 9.59 Å². The Morgan fingerprint density at radius 3 is 2.85 bits per heavy atom. The molecule has 0 spiro atoms. The zero-order valence-corrected chi connectivity index (χ0v) is 12.1. The topological polar surface area (TPSA) is 49.4 Å². The maximum Gasteiger partial charge on any atom is 0.296 e. The molecule has 0 aliphatic carbocycles. The molecule has 20 heavy (non-hydrogen) atoms. The van der Waals surface area contributed by atoms with Crippen molar-refractivity contribution in [2.75, 3.05) is 22.5 Å². The second-order valence-corrected chi connectivity index (χ2v) is 6.63. The van der Waals surface area contributed by atoms with E-state index in [1.807, 2.05) is 16.7 Å². The molecule has 0 saturated carbocycles. The number of thioether (sulfide) groups is 1. The summed E-state index contributed by atoms with van der Waals surface area (Å²) in [6.07, 6.45) is 0. The van der Waals surface area contributed by atoms with Gasteiger partial charge in [-0.25, -0.2) is 4.39 Å². The highest BCUT2D eigenvalue weighted by atomic mass is 32.2. The summed E-state index contributed by atoms with van der Waals surface area (Å²) >= 11 is 1.87. The van der Waals surface area contributed by atoms with Gasteiger partial charge in [-0.15, -0.1) is 0 Å². The maximum absolute atomic E-state index is 14.3. The molecule has 1 amide bonds. The molecule has 1 aromatic rings. The Bertz CT molecular complexity index is 605. The van der Waals surface area contributed by atoms with E-state index in [0.29, 0.717) is 16.6 Å². The molecule has 2 unspecified atom stereocenters. The lowest BCUT2D eigenvalue weighted by Crippen LogP contribution is -2.45. The van der Waals surface area contributed by atoms with Crippen molar-refractivity contribution < 1.29 is 14.0 Å². The standard InChI is InChI=1S/C14H15FN2O2S/c1-7-8(2)20-4-3-17(7)12-6-11-9(5-10(12)15)13(18)14(19)16-11/h5-8H,3-4H2,1-2H3,(H,16,18,19). The lowest BCUT2D eigenvalue weighted by atomic mass is 10.1. The van der Waals surface area contributed by atoms with Crippen LogP contribution in [0.5, 0.6) is 0 Å². The summed E-state index contributed by atoms with van der Waals surface area (Å²) in [6.45, 7) is 4.94. The van der Waals surface area contributed by atoms with Crippen LogP contribution in [0.15, 0.2) is 12.1 Å². The fraction of sp³-hybridized carbons (Fsp3) is 0.429. The second-order valence-electron chi connectivity index (χ2n) is 5.14. The van der Waals surface area contributed by atoms with E-state index in [-0.39, 0.29) is 11.6 Å². The van der Waals surface area contributed by atoms with Gasteiger partial charge in [0.05, 0.1) is 16.9 Å². The predicted molar refractivity (Wildman–Crippen MR) is 78.1 cm³/mol. The van der Waals surface area contributed by atoms with Crippen LogP contribution >= 0.6 is 11.8 Å². The van der Waals surface area contributed by atoms with Crippen molar-refractivity contribution >= 4 is 34.8 Å². The third-order valence-electron chi connectivity index (χ3n) is 3.98. The number of rotatable bonds is 1. The van der Waals surface area contributed by atoms with Crippen molar-refractivity contribution in [3.63, 3.8) is 0 Å². The Hall–Kier alpha value is -1.56. The zero-order chi connectivity index (χ0) is 14.4. The number of fused-ring (bicyclic) bond motifs is 1. The quantitative estimate of drug-likeness (QED) is 0.807. The fourth-order valence-corrected chi connectivity index (χ4v) is 3.75. The van der Waals surface area contributed by atoms with Crippen LogP contribution in [0.3, 0.4) is 0 Å². The molecule has 1 fully saturated rings. The number of carbonyl (C=O) groups is 2. The van der Waals surface area contributed by atoms with Gasteiger partial charge in [0.15, 0.2) is 0 Å². The molecule has 0 bridgehead atoms. The van der Waals surface area contributed by atoms with Crippen LogP contribution < -0.4 is 10.2 Å². The summed E-state index contributed by atoms with van der Waals surface area (Å²) < 4.78 is 14.3. The lowest BCUT2D eigenvalue weighted by Gasteiger charge is -2.39. The van der Waals surface area contributed by atoms with E-state index in [1.165, 1.54) is 6.07 Å². The van der Waals surface area contributed by atoms with E-state index in [0.717, 1.165) is 12.3 Å². The van der Waals surface area contributed by atoms with E-state index in [9.17, 15) is 14.0 Å². The lowest BCUT2D eigenvalue weighted by molar-refractivity contribution is -0.112. The molecule has 2 atom stereocenters. The van der Waals surface area contributed by atoms with Gasteiger partial charge in [-0.2, -0.15) is 11.8 Å². The number of benzene rings is 1. The van der Waals surface area contributed by atoms with Crippen molar-refractivity contribution in [1.82, 2.24) is 0 Å². The van der Waals surface area contributed by atoms with Gasteiger partial charge in [-0.05, 0) is 19.1 Å².